The summed E-state index contributed by atoms with van der Waals surface area (Å²) in [6, 6.07) is 1.88. The third-order valence-corrected chi connectivity index (χ3v) is 3.51. The van der Waals surface area contributed by atoms with Gasteiger partial charge in [-0.05, 0) is 24.3 Å². The lowest BCUT2D eigenvalue weighted by atomic mass is 10.1. The minimum atomic E-state index is 0.158. The van der Waals surface area contributed by atoms with Crippen LogP contribution in [0.15, 0.2) is 16.8 Å². The van der Waals surface area contributed by atoms with Gasteiger partial charge in [0.05, 0.1) is 11.7 Å². The Kier molecular flexibility index (Phi) is 3.38. The minimum absolute atomic E-state index is 0.158. The molecule has 0 saturated carbocycles. The summed E-state index contributed by atoms with van der Waals surface area (Å²) in [5, 5.41) is 3.85. The van der Waals surface area contributed by atoms with Gasteiger partial charge in [-0.1, -0.05) is 0 Å². The summed E-state index contributed by atoms with van der Waals surface area (Å²) in [7, 11) is 1.74. The number of nitrogens with zero attached hydrogens (tertiary/aromatic N) is 1. The van der Waals surface area contributed by atoms with Crippen LogP contribution < -0.4 is 0 Å². The van der Waals surface area contributed by atoms with Crippen LogP contribution in [0.4, 0.5) is 0 Å². The Labute approximate surface area is 93.7 Å². The maximum Gasteiger partial charge on any atom is 0.254 e. The monoisotopic (exact) mass is 225 g/mol. The predicted octanol–water partition coefficient (Wildman–Crippen LogP) is 2.00. The Balaban J connectivity index is 1.93. The predicted molar refractivity (Wildman–Crippen MR) is 60.3 cm³/mol. The van der Waals surface area contributed by atoms with Crippen LogP contribution in [0.1, 0.15) is 23.2 Å². The summed E-state index contributed by atoms with van der Waals surface area (Å²) in [6.45, 7) is 1.63. The summed E-state index contributed by atoms with van der Waals surface area (Å²) in [6.07, 6.45) is 2.23. The zero-order chi connectivity index (χ0) is 10.7. The van der Waals surface area contributed by atoms with E-state index in [0.717, 1.165) is 31.5 Å². The van der Waals surface area contributed by atoms with Gasteiger partial charge in [0, 0.05) is 25.6 Å². The highest BCUT2D eigenvalue weighted by molar-refractivity contribution is 7.08. The number of carbonyl (C=O) groups excluding carboxylic acids is 1. The van der Waals surface area contributed by atoms with Crippen molar-refractivity contribution >= 4 is 17.2 Å². The first-order valence-electron chi connectivity index (χ1n) is 5.15. The molecule has 0 atom stereocenters. The van der Waals surface area contributed by atoms with E-state index >= 15 is 0 Å². The maximum atomic E-state index is 11.9. The Morgan fingerprint density at radius 1 is 1.53 bits per heavy atom. The van der Waals surface area contributed by atoms with Crippen LogP contribution in [0.25, 0.3) is 0 Å². The fraction of sp³-hybridized carbons (Fsp3) is 0.545. The molecule has 0 aromatic carbocycles. The van der Waals surface area contributed by atoms with Crippen molar-refractivity contribution in [2.75, 3.05) is 20.2 Å². The van der Waals surface area contributed by atoms with Gasteiger partial charge in [0.1, 0.15) is 0 Å². The van der Waals surface area contributed by atoms with Gasteiger partial charge in [-0.25, -0.2) is 0 Å². The van der Waals surface area contributed by atoms with Gasteiger partial charge in [0.25, 0.3) is 5.91 Å². The van der Waals surface area contributed by atoms with Gasteiger partial charge in [-0.15, -0.1) is 0 Å². The van der Waals surface area contributed by atoms with Crippen LogP contribution in [-0.2, 0) is 4.74 Å². The quantitative estimate of drug-likeness (QED) is 0.770. The fourth-order valence-corrected chi connectivity index (χ4v) is 2.49. The third kappa shape index (κ3) is 2.38. The molecule has 2 heterocycles. The number of rotatable bonds is 2. The smallest absolute Gasteiger partial charge is 0.254 e. The second-order valence-corrected chi connectivity index (χ2v) is 4.52. The summed E-state index contributed by atoms with van der Waals surface area (Å²) in [4.78, 5) is 13.9. The van der Waals surface area contributed by atoms with Crippen LogP contribution >= 0.6 is 11.3 Å². The lowest BCUT2D eigenvalue weighted by Gasteiger charge is -2.31. The molecule has 82 valence electrons. The van der Waals surface area contributed by atoms with E-state index < -0.39 is 0 Å². The van der Waals surface area contributed by atoms with Crippen molar-refractivity contribution in [1.29, 1.82) is 0 Å². The van der Waals surface area contributed by atoms with E-state index in [1.807, 2.05) is 21.7 Å². The second-order valence-electron chi connectivity index (χ2n) is 3.74. The van der Waals surface area contributed by atoms with E-state index in [1.165, 1.54) is 0 Å². The number of carbonyl (C=O) groups is 1. The number of hydrogen-bond donors (Lipinski definition) is 0. The van der Waals surface area contributed by atoms with Crippen molar-refractivity contribution in [1.82, 2.24) is 4.90 Å². The number of methoxy groups -OCH3 is 1. The highest BCUT2D eigenvalue weighted by atomic mass is 32.1. The van der Waals surface area contributed by atoms with Crippen LogP contribution in [0.2, 0.25) is 0 Å². The first kappa shape index (κ1) is 10.6. The van der Waals surface area contributed by atoms with Gasteiger partial charge in [-0.2, -0.15) is 11.3 Å². The molecule has 1 aromatic rings. The molecule has 2 rings (SSSR count). The average Bonchev–Trinajstić information content (AvgIpc) is 2.82. The first-order chi connectivity index (χ1) is 7.31. The van der Waals surface area contributed by atoms with Gasteiger partial charge >= 0.3 is 0 Å². The van der Waals surface area contributed by atoms with E-state index in [4.69, 9.17) is 4.74 Å². The van der Waals surface area contributed by atoms with Crippen LogP contribution in [0.3, 0.4) is 0 Å². The molecule has 1 aliphatic heterocycles. The Bertz CT molecular complexity index is 315. The molecule has 4 heteroatoms. The van der Waals surface area contributed by atoms with Crippen molar-refractivity contribution < 1.29 is 9.53 Å². The Hall–Kier alpha value is -0.870. The molecule has 0 unspecified atom stereocenters. The van der Waals surface area contributed by atoms with E-state index in [2.05, 4.69) is 0 Å². The van der Waals surface area contributed by atoms with Crippen LogP contribution in [0, 0.1) is 0 Å². The van der Waals surface area contributed by atoms with E-state index in [1.54, 1.807) is 18.4 Å². The molecule has 0 bridgehead atoms. The van der Waals surface area contributed by atoms with Crippen molar-refractivity contribution in [3.63, 3.8) is 0 Å². The molecule has 0 radical (unpaired) electrons. The first-order valence-corrected chi connectivity index (χ1v) is 6.10. The molecule has 3 nitrogen and oxygen atoms in total. The standard InChI is InChI=1S/C11H15NO2S/c1-14-10-2-5-12(6-3-10)11(13)9-4-7-15-8-9/h4,7-8,10H,2-3,5-6H2,1H3. The molecule has 0 spiro atoms. The maximum absolute atomic E-state index is 11.9. The molecule has 1 fully saturated rings. The number of ether oxygens (including phenoxy) is 1. The lowest BCUT2D eigenvalue weighted by Crippen LogP contribution is -2.40. The number of amides is 1. The highest BCUT2D eigenvalue weighted by Crippen LogP contribution is 2.16. The van der Waals surface area contributed by atoms with Gasteiger partial charge < -0.3 is 9.64 Å². The van der Waals surface area contributed by atoms with Crippen molar-refractivity contribution in [2.24, 2.45) is 0 Å². The minimum Gasteiger partial charge on any atom is -0.381 e. The van der Waals surface area contributed by atoms with E-state index in [9.17, 15) is 4.79 Å². The molecular formula is C11H15NO2S. The average molecular weight is 225 g/mol. The van der Waals surface area contributed by atoms with Crippen molar-refractivity contribution in [3.05, 3.63) is 22.4 Å². The SMILES string of the molecule is COC1CCN(C(=O)c2ccsc2)CC1. The molecular weight excluding hydrogens is 210 g/mol. The van der Waals surface area contributed by atoms with Gasteiger partial charge in [-0.3, -0.25) is 4.79 Å². The zero-order valence-electron chi connectivity index (χ0n) is 8.81. The highest BCUT2D eigenvalue weighted by Gasteiger charge is 2.23. The second kappa shape index (κ2) is 4.77. The summed E-state index contributed by atoms with van der Waals surface area (Å²) in [5.41, 5.74) is 0.816. The van der Waals surface area contributed by atoms with Crippen LogP contribution in [0.5, 0.6) is 0 Å². The fourth-order valence-electron chi connectivity index (χ4n) is 1.86. The number of likely N-dealkylation sites (tertiary alicyclic amines) is 1. The van der Waals surface area contributed by atoms with Crippen molar-refractivity contribution in [3.8, 4) is 0 Å². The molecule has 1 aromatic heterocycles. The summed E-state index contributed by atoms with van der Waals surface area (Å²) < 4.78 is 5.27. The van der Waals surface area contributed by atoms with E-state index in [0.29, 0.717) is 6.10 Å². The molecule has 1 saturated heterocycles. The topological polar surface area (TPSA) is 29.5 Å². The molecule has 1 aliphatic rings. The Morgan fingerprint density at radius 2 is 2.27 bits per heavy atom. The number of thiophene rings is 1. The van der Waals surface area contributed by atoms with Gasteiger partial charge in [0.15, 0.2) is 0 Å². The summed E-state index contributed by atoms with van der Waals surface area (Å²) in [5.74, 6) is 0.158. The number of hydrogen-bond acceptors (Lipinski definition) is 3. The lowest BCUT2D eigenvalue weighted by molar-refractivity contribution is 0.0351. The largest absolute Gasteiger partial charge is 0.381 e. The van der Waals surface area contributed by atoms with Crippen LogP contribution in [-0.4, -0.2) is 37.1 Å². The molecule has 0 aliphatic carbocycles. The Morgan fingerprint density at radius 3 is 2.80 bits per heavy atom. The molecule has 15 heavy (non-hydrogen) atoms. The zero-order valence-corrected chi connectivity index (χ0v) is 9.63. The normalized spacial score (nSPS) is 18.1. The van der Waals surface area contributed by atoms with Crippen molar-refractivity contribution in [2.45, 2.75) is 18.9 Å². The molecule has 1 amide bonds. The molecule has 0 N–H and O–H groups in total. The summed E-state index contributed by atoms with van der Waals surface area (Å²) >= 11 is 1.56. The van der Waals surface area contributed by atoms with Gasteiger partial charge in [0.2, 0.25) is 0 Å². The third-order valence-electron chi connectivity index (χ3n) is 2.83. The number of piperidine rings is 1. The van der Waals surface area contributed by atoms with E-state index in [-0.39, 0.29) is 5.91 Å².